The normalized spacial score (nSPS) is 14.2. The summed E-state index contributed by atoms with van der Waals surface area (Å²) in [6.07, 6.45) is -4.69. The Bertz CT molecular complexity index is 348. The fraction of sp³-hybridized carbons (Fsp3) is 0.250. The van der Waals surface area contributed by atoms with E-state index in [1.54, 1.807) is 0 Å². The van der Waals surface area contributed by atoms with Crippen molar-refractivity contribution >= 4 is 0 Å². The van der Waals surface area contributed by atoms with Crippen LogP contribution in [0.25, 0.3) is 0 Å². The number of benzene rings is 1. The quantitative estimate of drug-likeness (QED) is 0.705. The van der Waals surface area contributed by atoms with E-state index in [-0.39, 0.29) is 18.3 Å². The maximum atomic E-state index is 11.8. The Morgan fingerprint density at radius 1 is 1.14 bits per heavy atom. The number of rotatable bonds is 1. The molecule has 76 valence electrons. The lowest BCUT2D eigenvalue weighted by Crippen LogP contribution is -2.16. The van der Waals surface area contributed by atoms with E-state index in [0.29, 0.717) is 5.75 Å². The lowest BCUT2D eigenvalue weighted by Gasteiger charge is -2.08. The van der Waals surface area contributed by atoms with Crippen LogP contribution < -0.4 is 14.2 Å². The van der Waals surface area contributed by atoms with Gasteiger partial charge in [0.25, 0.3) is 0 Å². The van der Waals surface area contributed by atoms with Crippen molar-refractivity contribution in [2.24, 2.45) is 0 Å². The van der Waals surface area contributed by atoms with E-state index in [9.17, 15) is 13.2 Å². The lowest BCUT2D eigenvalue weighted by atomic mass is 10.3. The first-order chi connectivity index (χ1) is 6.54. The molecule has 0 spiro atoms. The van der Waals surface area contributed by atoms with Gasteiger partial charge >= 0.3 is 6.36 Å². The van der Waals surface area contributed by atoms with E-state index in [1.807, 2.05) is 0 Å². The zero-order valence-corrected chi connectivity index (χ0v) is 6.80. The van der Waals surface area contributed by atoms with E-state index in [4.69, 9.17) is 9.47 Å². The Kier molecular flexibility index (Phi) is 1.90. The molecule has 0 atom stereocenters. The standard InChI is InChI=1S/C8H5F3O3/c9-8(10,11)14-5-1-2-6-7(3-5)13-4-12-6/h1-3H,4H2. The van der Waals surface area contributed by atoms with Gasteiger partial charge in [0.1, 0.15) is 5.75 Å². The summed E-state index contributed by atoms with van der Waals surface area (Å²) >= 11 is 0. The molecule has 0 saturated carbocycles. The van der Waals surface area contributed by atoms with E-state index >= 15 is 0 Å². The van der Waals surface area contributed by atoms with Crippen LogP contribution in [0.2, 0.25) is 0 Å². The summed E-state index contributed by atoms with van der Waals surface area (Å²) < 4.78 is 48.9. The molecule has 0 amide bonds. The molecule has 1 aliphatic rings. The third-order valence-corrected chi connectivity index (χ3v) is 1.58. The van der Waals surface area contributed by atoms with Crippen LogP contribution in [0.15, 0.2) is 18.2 Å². The van der Waals surface area contributed by atoms with Crippen molar-refractivity contribution in [1.82, 2.24) is 0 Å². The molecule has 0 fully saturated rings. The molecule has 0 bridgehead atoms. The molecule has 1 aliphatic heterocycles. The Morgan fingerprint density at radius 2 is 1.86 bits per heavy atom. The van der Waals surface area contributed by atoms with Gasteiger partial charge in [-0.1, -0.05) is 0 Å². The summed E-state index contributed by atoms with van der Waals surface area (Å²) in [7, 11) is 0. The summed E-state index contributed by atoms with van der Waals surface area (Å²) in [5, 5.41) is 0. The first-order valence-electron chi connectivity index (χ1n) is 3.70. The van der Waals surface area contributed by atoms with Crippen LogP contribution in [0, 0.1) is 0 Å². The number of fused-ring (bicyclic) bond motifs is 1. The molecular weight excluding hydrogens is 201 g/mol. The van der Waals surface area contributed by atoms with Crippen LogP contribution in [0.3, 0.4) is 0 Å². The van der Waals surface area contributed by atoms with Gasteiger partial charge in [-0.3, -0.25) is 0 Å². The van der Waals surface area contributed by atoms with Crippen LogP contribution in [0.5, 0.6) is 17.2 Å². The molecule has 0 radical (unpaired) electrons. The Hall–Kier alpha value is -1.59. The van der Waals surface area contributed by atoms with E-state index in [2.05, 4.69) is 4.74 Å². The third-order valence-electron chi connectivity index (χ3n) is 1.58. The van der Waals surface area contributed by atoms with Gasteiger partial charge in [-0.25, -0.2) is 0 Å². The second-order valence-corrected chi connectivity index (χ2v) is 2.56. The molecule has 0 N–H and O–H groups in total. The number of alkyl halides is 3. The molecule has 1 aromatic rings. The molecule has 6 heteroatoms. The first-order valence-corrected chi connectivity index (χ1v) is 3.70. The fourth-order valence-electron chi connectivity index (χ4n) is 1.07. The Labute approximate surface area is 77.0 Å². The van der Waals surface area contributed by atoms with Gasteiger partial charge in [0.05, 0.1) is 0 Å². The maximum Gasteiger partial charge on any atom is 0.573 e. The predicted octanol–water partition coefficient (Wildman–Crippen LogP) is 2.31. The molecule has 0 aromatic heterocycles. The maximum absolute atomic E-state index is 11.8. The van der Waals surface area contributed by atoms with Gasteiger partial charge in [-0.2, -0.15) is 0 Å². The largest absolute Gasteiger partial charge is 0.573 e. The summed E-state index contributed by atoms with van der Waals surface area (Å²) in [4.78, 5) is 0. The van der Waals surface area contributed by atoms with Crippen molar-refractivity contribution in [2.45, 2.75) is 6.36 Å². The predicted molar refractivity (Wildman–Crippen MR) is 39.2 cm³/mol. The molecule has 1 heterocycles. The third kappa shape index (κ3) is 1.84. The van der Waals surface area contributed by atoms with Crippen molar-refractivity contribution < 1.29 is 27.4 Å². The van der Waals surface area contributed by atoms with Crippen molar-refractivity contribution in [3.63, 3.8) is 0 Å². The number of hydrogen-bond acceptors (Lipinski definition) is 3. The topological polar surface area (TPSA) is 27.7 Å². The smallest absolute Gasteiger partial charge is 0.454 e. The number of hydrogen-bond donors (Lipinski definition) is 0. The highest BCUT2D eigenvalue weighted by Gasteiger charge is 2.31. The van der Waals surface area contributed by atoms with Crippen molar-refractivity contribution in [1.29, 1.82) is 0 Å². The first kappa shape index (κ1) is 8.98. The minimum atomic E-state index is -4.69. The van der Waals surface area contributed by atoms with Crippen molar-refractivity contribution in [2.75, 3.05) is 6.79 Å². The summed E-state index contributed by atoms with van der Waals surface area (Å²) in [5.74, 6) is 0.355. The van der Waals surface area contributed by atoms with Crippen molar-refractivity contribution in [3.8, 4) is 17.2 Å². The fourth-order valence-corrected chi connectivity index (χ4v) is 1.07. The molecular formula is C8H5F3O3. The summed E-state index contributed by atoms with van der Waals surface area (Å²) in [6, 6.07) is 3.67. The van der Waals surface area contributed by atoms with Crippen LogP contribution >= 0.6 is 0 Å². The van der Waals surface area contributed by atoms with Crippen molar-refractivity contribution in [3.05, 3.63) is 18.2 Å². The monoisotopic (exact) mass is 206 g/mol. The summed E-state index contributed by atoms with van der Waals surface area (Å²) in [6.45, 7) is 0.0187. The van der Waals surface area contributed by atoms with Gasteiger partial charge < -0.3 is 14.2 Å². The Morgan fingerprint density at radius 3 is 2.57 bits per heavy atom. The molecule has 0 saturated heterocycles. The van der Waals surface area contributed by atoms with E-state index in [0.717, 1.165) is 6.07 Å². The van der Waals surface area contributed by atoms with Crippen LogP contribution in [-0.2, 0) is 0 Å². The van der Waals surface area contributed by atoms with Gasteiger partial charge in [0.2, 0.25) is 6.79 Å². The zero-order valence-electron chi connectivity index (χ0n) is 6.80. The second kappa shape index (κ2) is 2.97. The SMILES string of the molecule is FC(F)(F)Oc1ccc2c(c1)OCO2. The minimum absolute atomic E-state index is 0.0187. The highest BCUT2D eigenvalue weighted by molar-refractivity contribution is 5.46. The van der Waals surface area contributed by atoms with E-state index < -0.39 is 6.36 Å². The van der Waals surface area contributed by atoms with Crippen LogP contribution in [0.4, 0.5) is 13.2 Å². The summed E-state index contributed by atoms with van der Waals surface area (Å²) in [5.41, 5.74) is 0. The zero-order chi connectivity index (χ0) is 10.2. The molecule has 3 nitrogen and oxygen atoms in total. The molecule has 1 aromatic carbocycles. The minimum Gasteiger partial charge on any atom is -0.454 e. The number of halogens is 3. The lowest BCUT2D eigenvalue weighted by molar-refractivity contribution is -0.274. The average molecular weight is 206 g/mol. The molecule has 0 unspecified atom stereocenters. The van der Waals surface area contributed by atoms with Crippen LogP contribution in [0.1, 0.15) is 0 Å². The van der Waals surface area contributed by atoms with Gasteiger partial charge in [-0.15, -0.1) is 13.2 Å². The van der Waals surface area contributed by atoms with Gasteiger partial charge in [-0.05, 0) is 12.1 Å². The molecule has 0 aliphatic carbocycles. The molecule has 14 heavy (non-hydrogen) atoms. The van der Waals surface area contributed by atoms with Gasteiger partial charge in [0.15, 0.2) is 11.5 Å². The number of ether oxygens (including phenoxy) is 3. The second-order valence-electron chi connectivity index (χ2n) is 2.56. The molecule has 2 rings (SSSR count). The highest BCUT2D eigenvalue weighted by Crippen LogP contribution is 2.36. The highest BCUT2D eigenvalue weighted by atomic mass is 19.4. The Balaban J connectivity index is 2.21. The van der Waals surface area contributed by atoms with E-state index in [1.165, 1.54) is 12.1 Å². The van der Waals surface area contributed by atoms with Gasteiger partial charge in [0, 0.05) is 6.07 Å². The average Bonchev–Trinajstić information content (AvgIpc) is 2.47. The van der Waals surface area contributed by atoms with Crippen LogP contribution in [-0.4, -0.2) is 13.2 Å².